The molecule has 2 N–H and O–H groups in total. The maximum Gasteiger partial charge on any atom is 0.208 e. The Bertz CT molecular complexity index is 1230. The quantitative estimate of drug-likeness (QED) is 0.542. The number of fused-ring (bicyclic) bond motifs is 2. The summed E-state index contributed by atoms with van der Waals surface area (Å²) in [6.45, 7) is 1.85. The predicted molar refractivity (Wildman–Crippen MR) is 101 cm³/mol. The summed E-state index contributed by atoms with van der Waals surface area (Å²) in [4.78, 5) is 25.5. The number of hydrogen-bond donors (Lipinski definition) is 1. The molecule has 0 unspecified atom stereocenters. The highest BCUT2D eigenvalue weighted by atomic mass is 32.2. The largest absolute Gasteiger partial charge is 0.397 e. The van der Waals surface area contributed by atoms with Crippen LogP contribution in [-0.4, -0.2) is 20.0 Å². The van der Waals surface area contributed by atoms with Crippen LogP contribution in [0.3, 0.4) is 0 Å². The van der Waals surface area contributed by atoms with Gasteiger partial charge in [-0.1, -0.05) is 42.0 Å². The van der Waals surface area contributed by atoms with Crippen molar-refractivity contribution in [1.82, 2.24) is 0 Å². The third-order valence-corrected chi connectivity index (χ3v) is 6.54. The normalized spacial score (nSPS) is 13.2. The first-order valence-electron chi connectivity index (χ1n) is 8.25. The molecular weight excluding hydrogens is 362 g/mol. The van der Waals surface area contributed by atoms with E-state index in [0.717, 1.165) is 5.56 Å². The fourth-order valence-corrected chi connectivity index (χ4v) is 4.66. The van der Waals surface area contributed by atoms with Crippen LogP contribution in [0.15, 0.2) is 70.5 Å². The van der Waals surface area contributed by atoms with Crippen molar-refractivity contribution in [3.8, 4) is 0 Å². The average molecular weight is 377 g/mol. The highest BCUT2D eigenvalue weighted by molar-refractivity contribution is 7.91. The number of rotatable bonds is 2. The molecule has 0 saturated heterocycles. The van der Waals surface area contributed by atoms with Crippen LogP contribution < -0.4 is 5.73 Å². The molecule has 0 saturated carbocycles. The summed E-state index contributed by atoms with van der Waals surface area (Å²) in [5, 5.41) is 0. The van der Waals surface area contributed by atoms with Crippen LogP contribution in [0.1, 0.15) is 37.4 Å². The number of carbonyl (C=O) groups excluding carboxylic acids is 2. The third kappa shape index (κ3) is 2.49. The molecule has 0 amide bonds. The van der Waals surface area contributed by atoms with E-state index in [1.54, 1.807) is 36.4 Å². The topological polar surface area (TPSA) is 94.3 Å². The van der Waals surface area contributed by atoms with Gasteiger partial charge in [-0.05, 0) is 31.2 Å². The lowest BCUT2D eigenvalue weighted by molar-refractivity contribution is 0.0979. The van der Waals surface area contributed by atoms with Crippen molar-refractivity contribution >= 4 is 27.1 Å². The number of hydrogen-bond acceptors (Lipinski definition) is 5. The summed E-state index contributed by atoms with van der Waals surface area (Å²) in [5.74, 6) is -0.787. The summed E-state index contributed by atoms with van der Waals surface area (Å²) in [6, 6.07) is 15.5. The highest BCUT2D eigenvalue weighted by Gasteiger charge is 2.34. The Morgan fingerprint density at radius 1 is 0.741 bits per heavy atom. The molecule has 0 aliphatic heterocycles. The zero-order valence-corrected chi connectivity index (χ0v) is 15.2. The summed E-state index contributed by atoms with van der Waals surface area (Å²) >= 11 is 0. The number of carbonyl (C=O) groups is 2. The van der Waals surface area contributed by atoms with E-state index < -0.39 is 15.6 Å². The van der Waals surface area contributed by atoms with Crippen LogP contribution in [-0.2, 0) is 9.84 Å². The minimum atomic E-state index is -3.93. The number of ketones is 2. The molecule has 0 heterocycles. The van der Waals surface area contributed by atoms with Crippen LogP contribution in [0, 0.1) is 6.92 Å². The first-order chi connectivity index (χ1) is 12.8. The van der Waals surface area contributed by atoms with Gasteiger partial charge in [-0.2, -0.15) is 0 Å². The van der Waals surface area contributed by atoms with Gasteiger partial charge in [-0.15, -0.1) is 0 Å². The Morgan fingerprint density at radius 3 is 1.96 bits per heavy atom. The molecule has 1 aliphatic rings. The zero-order valence-electron chi connectivity index (χ0n) is 14.4. The molecule has 3 aromatic rings. The molecule has 6 heteroatoms. The van der Waals surface area contributed by atoms with Gasteiger partial charge in [0.15, 0.2) is 11.6 Å². The number of aryl methyl sites for hydroxylation is 1. The van der Waals surface area contributed by atoms with E-state index in [4.69, 9.17) is 5.73 Å². The lowest BCUT2D eigenvalue weighted by Gasteiger charge is -2.20. The van der Waals surface area contributed by atoms with Crippen molar-refractivity contribution in [1.29, 1.82) is 0 Å². The van der Waals surface area contributed by atoms with Gasteiger partial charge in [0.25, 0.3) is 0 Å². The number of anilines is 1. The van der Waals surface area contributed by atoms with Crippen LogP contribution in [0.25, 0.3) is 0 Å². The lowest BCUT2D eigenvalue weighted by atomic mass is 9.83. The van der Waals surface area contributed by atoms with Crippen molar-refractivity contribution in [3.05, 3.63) is 88.5 Å². The Balaban J connectivity index is 1.94. The summed E-state index contributed by atoms with van der Waals surface area (Å²) in [6.07, 6.45) is 0. The van der Waals surface area contributed by atoms with E-state index in [-0.39, 0.29) is 38.0 Å². The second-order valence-electron chi connectivity index (χ2n) is 6.42. The molecule has 0 spiro atoms. The monoisotopic (exact) mass is 377 g/mol. The van der Waals surface area contributed by atoms with E-state index in [9.17, 15) is 18.0 Å². The molecule has 0 radical (unpaired) electrons. The molecule has 0 aromatic heterocycles. The summed E-state index contributed by atoms with van der Waals surface area (Å²) in [7, 11) is -3.93. The fourth-order valence-electron chi connectivity index (χ4n) is 3.27. The van der Waals surface area contributed by atoms with Gasteiger partial charge in [-0.3, -0.25) is 9.59 Å². The maximum absolute atomic E-state index is 13.0. The minimum absolute atomic E-state index is 0.0492. The number of sulfone groups is 1. The van der Waals surface area contributed by atoms with Gasteiger partial charge in [0.05, 0.1) is 21.0 Å². The molecule has 134 valence electrons. The number of benzene rings is 3. The first kappa shape index (κ1) is 17.2. The van der Waals surface area contributed by atoms with Crippen molar-refractivity contribution in [2.75, 3.05) is 5.73 Å². The average Bonchev–Trinajstić information content (AvgIpc) is 2.66. The Labute approximate surface area is 156 Å². The Hall–Kier alpha value is -3.25. The van der Waals surface area contributed by atoms with Gasteiger partial charge < -0.3 is 5.73 Å². The maximum atomic E-state index is 13.0. The van der Waals surface area contributed by atoms with E-state index in [0.29, 0.717) is 5.56 Å². The Kier molecular flexibility index (Phi) is 3.75. The van der Waals surface area contributed by atoms with Crippen molar-refractivity contribution in [2.24, 2.45) is 0 Å². The summed E-state index contributed by atoms with van der Waals surface area (Å²) < 4.78 is 26.0. The SMILES string of the molecule is Cc1ccc(S(=O)(=O)c2ccc3c(c2N)C(=O)c2ccccc2C3=O)cc1. The van der Waals surface area contributed by atoms with Crippen LogP contribution in [0.2, 0.25) is 0 Å². The van der Waals surface area contributed by atoms with Gasteiger partial charge in [0.1, 0.15) is 0 Å². The first-order valence-corrected chi connectivity index (χ1v) is 9.73. The molecule has 5 nitrogen and oxygen atoms in total. The number of nitrogen functional groups attached to an aromatic ring is 1. The van der Waals surface area contributed by atoms with Crippen LogP contribution in [0.4, 0.5) is 5.69 Å². The molecular formula is C21H15NO4S. The summed E-state index contributed by atoms with van der Waals surface area (Å²) in [5.41, 5.74) is 7.44. The standard InChI is InChI=1S/C21H15NO4S/c1-12-6-8-13(9-7-12)27(25,26)17-11-10-16-18(19(17)22)21(24)15-5-3-2-4-14(15)20(16)23/h2-11H,22H2,1H3. The highest BCUT2D eigenvalue weighted by Crippen LogP contribution is 2.36. The molecule has 27 heavy (non-hydrogen) atoms. The van der Waals surface area contributed by atoms with E-state index in [1.807, 2.05) is 6.92 Å². The lowest BCUT2D eigenvalue weighted by Crippen LogP contribution is -2.23. The molecule has 0 atom stereocenters. The minimum Gasteiger partial charge on any atom is -0.397 e. The van der Waals surface area contributed by atoms with Gasteiger partial charge in [0.2, 0.25) is 9.84 Å². The molecule has 3 aromatic carbocycles. The molecule has 4 rings (SSSR count). The van der Waals surface area contributed by atoms with Gasteiger partial charge >= 0.3 is 0 Å². The van der Waals surface area contributed by atoms with Gasteiger partial charge in [0, 0.05) is 16.7 Å². The molecule has 0 bridgehead atoms. The smallest absolute Gasteiger partial charge is 0.208 e. The molecule has 0 fully saturated rings. The van der Waals surface area contributed by atoms with E-state index >= 15 is 0 Å². The third-order valence-electron chi connectivity index (χ3n) is 4.71. The number of nitrogens with two attached hydrogens (primary N) is 1. The second kappa shape index (κ2) is 5.89. The molecule has 1 aliphatic carbocycles. The zero-order chi connectivity index (χ0) is 19.3. The van der Waals surface area contributed by atoms with Gasteiger partial charge in [-0.25, -0.2) is 8.42 Å². The van der Waals surface area contributed by atoms with Crippen molar-refractivity contribution in [2.45, 2.75) is 16.7 Å². The second-order valence-corrected chi connectivity index (χ2v) is 8.34. The van der Waals surface area contributed by atoms with Crippen LogP contribution >= 0.6 is 0 Å². The van der Waals surface area contributed by atoms with Crippen molar-refractivity contribution < 1.29 is 18.0 Å². The fraction of sp³-hybridized carbons (Fsp3) is 0.0476. The predicted octanol–water partition coefficient (Wildman–Crippen LogP) is 3.19. The van der Waals surface area contributed by atoms with E-state index in [2.05, 4.69) is 0 Å². The van der Waals surface area contributed by atoms with Crippen molar-refractivity contribution in [3.63, 3.8) is 0 Å². The van der Waals surface area contributed by atoms with Crippen LogP contribution in [0.5, 0.6) is 0 Å². The van der Waals surface area contributed by atoms with E-state index in [1.165, 1.54) is 24.3 Å². The Morgan fingerprint density at radius 2 is 1.33 bits per heavy atom.